The van der Waals surface area contributed by atoms with Gasteiger partial charge in [-0.25, -0.2) is 4.79 Å². The fourth-order valence-corrected chi connectivity index (χ4v) is 2.13. The van der Waals surface area contributed by atoms with Crippen LogP contribution in [0.25, 0.3) is 6.08 Å². The lowest BCUT2D eigenvalue weighted by Gasteiger charge is -2.06. The number of anilines is 1. The van der Waals surface area contributed by atoms with E-state index in [1.165, 1.54) is 24.3 Å². The van der Waals surface area contributed by atoms with Crippen LogP contribution in [0.15, 0.2) is 54.6 Å². The first-order chi connectivity index (χ1) is 13.0. The molecule has 2 aromatic rings. The summed E-state index contributed by atoms with van der Waals surface area (Å²) in [5.74, 6) is -1.33. The smallest absolute Gasteiger partial charge is 0.331 e. The number of nitrogens with one attached hydrogen (secondary N) is 1. The van der Waals surface area contributed by atoms with E-state index in [1.54, 1.807) is 30.3 Å². The first kappa shape index (κ1) is 19.3. The Morgan fingerprint density at radius 2 is 1.89 bits per heavy atom. The zero-order chi connectivity index (χ0) is 19.6. The molecule has 0 heterocycles. The van der Waals surface area contributed by atoms with E-state index in [1.807, 2.05) is 6.07 Å². The molecule has 1 N–H and O–H groups in total. The van der Waals surface area contributed by atoms with Gasteiger partial charge in [0.2, 0.25) is 0 Å². The zero-order valence-electron chi connectivity index (χ0n) is 14.1. The van der Waals surface area contributed by atoms with Crippen LogP contribution in [-0.2, 0) is 20.7 Å². The van der Waals surface area contributed by atoms with E-state index in [0.29, 0.717) is 5.69 Å². The van der Waals surface area contributed by atoms with E-state index in [-0.39, 0.29) is 17.7 Å². The van der Waals surface area contributed by atoms with Gasteiger partial charge in [0.25, 0.3) is 11.6 Å². The van der Waals surface area contributed by atoms with Crippen molar-refractivity contribution in [1.29, 1.82) is 5.26 Å². The van der Waals surface area contributed by atoms with Gasteiger partial charge in [-0.3, -0.25) is 14.9 Å². The molecule has 2 aromatic carbocycles. The van der Waals surface area contributed by atoms with Gasteiger partial charge in [0.05, 0.1) is 23.0 Å². The summed E-state index contributed by atoms with van der Waals surface area (Å²) in [5, 5.41) is 22.1. The number of amides is 1. The third-order valence-electron chi connectivity index (χ3n) is 3.40. The molecule has 1 amide bonds. The molecule has 136 valence electrons. The third-order valence-corrected chi connectivity index (χ3v) is 3.40. The third kappa shape index (κ3) is 6.10. The fourth-order valence-electron chi connectivity index (χ4n) is 2.13. The summed E-state index contributed by atoms with van der Waals surface area (Å²) in [6, 6.07) is 14.7. The Morgan fingerprint density at radius 3 is 2.56 bits per heavy atom. The van der Waals surface area contributed by atoms with Crippen LogP contribution in [0.5, 0.6) is 0 Å². The highest BCUT2D eigenvalue weighted by Crippen LogP contribution is 2.18. The number of rotatable bonds is 7. The van der Waals surface area contributed by atoms with Gasteiger partial charge in [-0.2, -0.15) is 5.26 Å². The highest BCUT2D eigenvalue weighted by molar-refractivity contribution is 5.94. The molecule has 0 fully saturated rings. The van der Waals surface area contributed by atoms with Crippen molar-refractivity contribution >= 4 is 29.3 Å². The monoisotopic (exact) mass is 365 g/mol. The molecular formula is C19H15N3O5. The van der Waals surface area contributed by atoms with E-state index in [4.69, 9.17) is 10.00 Å². The molecule has 0 spiro atoms. The summed E-state index contributed by atoms with van der Waals surface area (Å²) in [6.45, 7) is -0.500. The van der Waals surface area contributed by atoms with Gasteiger partial charge < -0.3 is 10.1 Å². The number of nitriles is 1. The van der Waals surface area contributed by atoms with Gasteiger partial charge in [0.1, 0.15) is 0 Å². The maximum absolute atomic E-state index is 11.8. The first-order valence-corrected chi connectivity index (χ1v) is 7.83. The number of hydrogen-bond acceptors (Lipinski definition) is 6. The lowest BCUT2D eigenvalue weighted by Crippen LogP contribution is -2.20. The Balaban J connectivity index is 1.85. The molecule has 0 radical (unpaired) electrons. The fraction of sp³-hybridized carbons (Fsp3) is 0.105. The van der Waals surface area contributed by atoms with Gasteiger partial charge >= 0.3 is 5.97 Å². The van der Waals surface area contributed by atoms with Crippen LogP contribution in [-0.4, -0.2) is 23.4 Å². The van der Waals surface area contributed by atoms with Crippen LogP contribution in [0.3, 0.4) is 0 Å². The standard InChI is InChI=1S/C19H15N3O5/c20-12-11-14-5-8-16(9-6-14)21-18(23)13-27-19(24)10-7-15-3-1-2-4-17(15)22(25)26/h1-10H,11,13H2,(H,21,23)/b10-7+. The topological polar surface area (TPSA) is 122 Å². The summed E-state index contributed by atoms with van der Waals surface area (Å²) < 4.78 is 4.81. The lowest BCUT2D eigenvalue weighted by molar-refractivity contribution is -0.385. The highest BCUT2D eigenvalue weighted by atomic mass is 16.6. The number of hydrogen-bond donors (Lipinski definition) is 1. The Hall–Kier alpha value is -3.99. The van der Waals surface area contributed by atoms with Crippen molar-refractivity contribution in [1.82, 2.24) is 0 Å². The molecule has 0 atom stereocenters. The minimum atomic E-state index is -0.798. The van der Waals surface area contributed by atoms with E-state index in [9.17, 15) is 19.7 Å². The molecule has 0 aliphatic rings. The Morgan fingerprint density at radius 1 is 1.19 bits per heavy atom. The van der Waals surface area contributed by atoms with Crippen LogP contribution >= 0.6 is 0 Å². The van der Waals surface area contributed by atoms with Crippen LogP contribution in [0.1, 0.15) is 11.1 Å². The van der Waals surface area contributed by atoms with E-state index >= 15 is 0 Å². The predicted octanol–water partition coefficient (Wildman–Crippen LogP) is 2.86. The maximum Gasteiger partial charge on any atom is 0.331 e. The Labute approximate surface area is 154 Å². The summed E-state index contributed by atoms with van der Waals surface area (Å²) in [6.07, 6.45) is 2.55. The maximum atomic E-state index is 11.8. The summed E-state index contributed by atoms with van der Waals surface area (Å²) in [4.78, 5) is 33.8. The molecule has 0 aliphatic heterocycles. The Bertz CT molecular complexity index is 914. The lowest BCUT2D eigenvalue weighted by atomic mass is 10.1. The quantitative estimate of drug-likeness (QED) is 0.348. The molecule has 0 aromatic heterocycles. The molecule has 0 aliphatic carbocycles. The van der Waals surface area contributed by atoms with Crippen LogP contribution in [0.4, 0.5) is 11.4 Å². The number of esters is 1. The van der Waals surface area contributed by atoms with E-state index in [0.717, 1.165) is 11.6 Å². The molecule has 8 nitrogen and oxygen atoms in total. The van der Waals surface area contributed by atoms with Crippen molar-refractivity contribution in [2.24, 2.45) is 0 Å². The summed E-state index contributed by atoms with van der Waals surface area (Å²) in [5.41, 5.74) is 1.44. The minimum absolute atomic E-state index is 0.140. The summed E-state index contributed by atoms with van der Waals surface area (Å²) >= 11 is 0. The van der Waals surface area contributed by atoms with Crippen molar-refractivity contribution < 1.29 is 19.2 Å². The van der Waals surface area contributed by atoms with Crippen molar-refractivity contribution in [2.75, 3.05) is 11.9 Å². The average Bonchev–Trinajstić information content (AvgIpc) is 2.66. The number of nitro benzene ring substituents is 1. The average molecular weight is 365 g/mol. The highest BCUT2D eigenvalue weighted by Gasteiger charge is 2.10. The number of nitrogens with zero attached hydrogens (tertiary/aromatic N) is 2. The molecule has 0 bridgehead atoms. The largest absolute Gasteiger partial charge is 0.452 e. The van der Waals surface area contributed by atoms with Crippen molar-refractivity contribution in [3.8, 4) is 6.07 Å². The van der Waals surface area contributed by atoms with Gasteiger partial charge in [-0.15, -0.1) is 0 Å². The predicted molar refractivity (Wildman–Crippen MR) is 97.5 cm³/mol. The first-order valence-electron chi connectivity index (χ1n) is 7.83. The zero-order valence-corrected chi connectivity index (χ0v) is 14.1. The number of carbonyl (C=O) groups excluding carboxylic acids is 2. The second-order valence-electron chi connectivity index (χ2n) is 5.34. The second kappa shape index (κ2) is 9.48. The van der Waals surface area contributed by atoms with Crippen LogP contribution < -0.4 is 5.32 Å². The molecule has 27 heavy (non-hydrogen) atoms. The molecular weight excluding hydrogens is 350 g/mol. The molecule has 0 saturated heterocycles. The van der Waals surface area contributed by atoms with Crippen molar-refractivity contribution in [2.45, 2.75) is 6.42 Å². The van der Waals surface area contributed by atoms with Gasteiger partial charge in [0, 0.05) is 17.8 Å². The van der Waals surface area contributed by atoms with E-state index in [2.05, 4.69) is 5.32 Å². The SMILES string of the molecule is N#CCc1ccc(NC(=O)COC(=O)/C=C/c2ccccc2[N+](=O)[O-])cc1. The molecule has 0 unspecified atom stereocenters. The van der Waals surface area contributed by atoms with Crippen molar-refractivity contribution in [3.05, 3.63) is 75.8 Å². The second-order valence-corrected chi connectivity index (χ2v) is 5.34. The van der Waals surface area contributed by atoms with Gasteiger partial charge in [0.15, 0.2) is 6.61 Å². The normalized spacial score (nSPS) is 10.2. The number of nitro groups is 1. The number of ether oxygens (including phenoxy) is 1. The molecule has 2 rings (SSSR count). The van der Waals surface area contributed by atoms with E-state index < -0.39 is 23.4 Å². The number of para-hydroxylation sites is 1. The number of carbonyl (C=O) groups is 2. The Kier molecular flexibility index (Phi) is 6.79. The molecule has 0 saturated carbocycles. The van der Waals surface area contributed by atoms with Crippen LogP contribution in [0.2, 0.25) is 0 Å². The number of benzene rings is 2. The molecule has 8 heteroatoms. The van der Waals surface area contributed by atoms with Gasteiger partial charge in [-0.1, -0.05) is 24.3 Å². The van der Waals surface area contributed by atoms with Crippen molar-refractivity contribution in [3.63, 3.8) is 0 Å². The van der Waals surface area contributed by atoms with Crippen LogP contribution in [0, 0.1) is 21.4 Å². The summed E-state index contributed by atoms with van der Waals surface area (Å²) in [7, 11) is 0. The minimum Gasteiger partial charge on any atom is -0.452 e. The van der Waals surface area contributed by atoms with Gasteiger partial charge in [-0.05, 0) is 29.8 Å².